The molecule has 2 N–H and O–H groups in total. The molecule has 1 saturated heterocycles. The van der Waals surface area contributed by atoms with Gasteiger partial charge in [0.1, 0.15) is 0 Å². The summed E-state index contributed by atoms with van der Waals surface area (Å²) in [5.74, 6) is 0.314. The maximum atomic E-state index is 12.6. The van der Waals surface area contributed by atoms with E-state index in [1.165, 1.54) is 19.3 Å². The van der Waals surface area contributed by atoms with Crippen LogP contribution in [0.3, 0.4) is 0 Å². The van der Waals surface area contributed by atoms with E-state index >= 15 is 0 Å². The minimum Gasteiger partial charge on any atom is -0.383 e. The predicted octanol–water partition coefficient (Wildman–Crippen LogP) is 1.08. The van der Waals surface area contributed by atoms with E-state index < -0.39 is 0 Å². The number of hydrogen-bond donors (Lipinski definition) is 1. The van der Waals surface area contributed by atoms with Gasteiger partial charge in [0.2, 0.25) is 5.91 Å². The van der Waals surface area contributed by atoms with Gasteiger partial charge in [0, 0.05) is 46.3 Å². The summed E-state index contributed by atoms with van der Waals surface area (Å²) in [7, 11) is 1.73. The van der Waals surface area contributed by atoms with E-state index in [2.05, 4.69) is 4.90 Å². The molecule has 2 rings (SSSR count). The van der Waals surface area contributed by atoms with Gasteiger partial charge < -0.3 is 15.4 Å². The Bertz CT molecular complexity index is 321. The highest BCUT2D eigenvalue weighted by molar-refractivity contribution is 5.77. The molecule has 1 aliphatic heterocycles. The Morgan fingerprint density at radius 2 is 1.81 bits per heavy atom. The molecule has 2 fully saturated rings. The van der Waals surface area contributed by atoms with Crippen molar-refractivity contribution in [2.75, 3.05) is 53.0 Å². The Kier molecular flexibility index (Phi) is 6.45. The number of rotatable bonds is 6. The molecule has 1 amide bonds. The van der Waals surface area contributed by atoms with Crippen LogP contribution in [0.4, 0.5) is 0 Å². The van der Waals surface area contributed by atoms with Crippen molar-refractivity contribution in [1.82, 2.24) is 9.80 Å². The van der Waals surface area contributed by atoms with Crippen molar-refractivity contribution in [2.45, 2.75) is 38.5 Å². The quantitative estimate of drug-likeness (QED) is 0.797. The smallest absolute Gasteiger partial charge is 0.223 e. The molecule has 0 aromatic heterocycles. The highest BCUT2D eigenvalue weighted by Crippen LogP contribution is 2.38. The molecular weight excluding hydrogens is 266 g/mol. The van der Waals surface area contributed by atoms with Crippen molar-refractivity contribution in [1.29, 1.82) is 0 Å². The summed E-state index contributed by atoms with van der Waals surface area (Å²) in [5, 5.41) is 0. The van der Waals surface area contributed by atoms with Gasteiger partial charge in [-0.3, -0.25) is 9.69 Å². The predicted molar refractivity (Wildman–Crippen MR) is 84.1 cm³/mol. The Morgan fingerprint density at radius 3 is 2.38 bits per heavy atom. The number of nitrogens with two attached hydrogens (primary N) is 1. The summed E-state index contributed by atoms with van der Waals surface area (Å²) in [6.45, 7) is 6.02. The molecule has 2 aliphatic rings. The number of ether oxygens (including phenoxy) is 1. The molecule has 0 spiro atoms. The average molecular weight is 297 g/mol. The maximum absolute atomic E-state index is 12.6. The van der Waals surface area contributed by atoms with Crippen molar-refractivity contribution in [2.24, 2.45) is 11.1 Å². The van der Waals surface area contributed by atoms with E-state index in [0.29, 0.717) is 18.9 Å². The number of piperazine rings is 1. The van der Waals surface area contributed by atoms with Crippen molar-refractivity contribution in [3.05, 3.63) is 0 Å². The Morgan fingerprint density at radius 1 is 1.14 bits per heavy atom. The summed E-state index contributed by atoms with van der Waals surface area (Å²) in [6.07, 6.45) is 6.67. The lowest BCUT2D eigenvalue weighted by Gasteiger charge is -2.39. The first-order valence-corrected chi connectivity index (χ1v) is 8.38. The number of carbonyl (C=O) groups is 1. The van der Waals surface area contributed by atoms with E-state index in [1.807, 2.05) is 4.90 Å². The van der Waals surface area contributed by atoms with Crippen molar-refractivity contribution in [3.63, 3.8) is 0 Å². The van der Waals surface area contributed by atoms with E-state index in [1.54, 1.807) is 7.11 Å². The van der Waals surface area contributed by atoms with Gasteiger partial charge in [-0.15, -0.1) is 0 Å². The molecule has 0 unspecified atom stereocenters. The standard InChI is InChI=1S/C16H31N3O2/c1-21-12-11-18-7-9-19(10-8-18)15(20)13-16(14-17)5-3-2-4-6-16/h2-14,17H2,1H3. The van der Waals surface area contributed by atoms with Crippen molar-refractivity contribution < 1.29 is 9.53 Å². The van der Waals surface area contributed by atoms with Crippen LogP contribution in [0.5, 0.6) is 0 Å². The SMILES string of the molecule is COCCN1CCN(C(=O)CC2(CN)CCCCC2)CC1. The van der Waals surface area contributed by atoms with Gasteiger partial charge in [0.15, 0.2) is 0 Å². The van der Waals surface area contributed by atoms with Gasteiger partial charge in [-0.2, -0.15) is 0 Å². The maximum Gasteiger partial charge on any atom is 0.223 e. The third-order valence-electron chi connectivity index (χ3n) is 5.21. The fraction of sp³-hybridized carbons (Fsp3) is 0.938. The molecule has 0 radical (unpaired) electrons. The van der Waals surface area contributed by atoms with Gasteiger partial charge in [0.05, 0.1) is 6.61 Å². The fourth-order valence-corrected chi connectivity index (χ4v) is 3.63. The van der Waals surface area contributed by atoms with Gasteiger partial charge in [-0.25, -0.2) is 0 Å². The summed E-state index contributed by atoms with van der Waals surface area (Å²) in [5.41, 5.74) is 6.09. The zero-order chi connectivity index (χ0) is 15.1. The first kappa shape index (κ1) is 16.7. The highest BCUT2D eigenvalue weighted by atomic mass is 16.5. The third kappa shape index (κ3) is 4.66. The number of carbonyl (C=O) groups excluding carboxylic acids is 1. The van der Waals surface area contributed by atoms with Crippen LogP contribution in [0.15, 0.2) is 0 Å². The third-order valence-corrected chi connectivity index (χ3v) is 5.21. The van der Waals surface area contributed by atoms with Gasteiger partial charge in [-0.1, -0.05) is 19.3 Å². The molecule has 122 valence electrons. The average Bonchev–Trinajstić information content (AvgIpc) is 2.54. The molecule has 0 atom stereocenters. The molecule has 1 heterocycles. The summed E-state index contributed by atoms with van der Waals surface area (Å²) in [4.78, 5) is 17.0. The molecule has 0 aromatic carbocycles. The van der Waals surface area contributed by atoms with Crippen LogP contribution < -0.4 is 5.73 Å². The van der Waals surface area contributed by atoms with Crippen LogP contribution in [-0.4, -0.2) is 68.7 Å². The minimum absolute atomic E-state index is 0.0858. The van der Waals surface area contributed by atoms with E-state index in [-0.39, 0.29) is 5.41 Å². The van der Waals surface area contributed by atoms with E-state index in [4.69, 9.17) is 10.5 Å². The van der Waals surface area contributed by atoms with Crippen molar-refractivity contribution in [3.8, 4) is 0 Å². The van der Waals surface area contributed by atoms with E-state index in [0.717, 1.165) is 52.2 Å². The molecular formula is C16H31N3O2. The molecule has 1 saturated carbocycles. The van der Waals surface area contributed by atoms with Gasteiger partial charge in [-0.05, 0) is 24.8 Å². The topological polar surface area (TPSA) is 58.8 Å². The minimum atomic E-state index is 0.0858. The van der Waals surface area contributed by atoms with Crippen LogP contribution in [0, 0.1) is 5.41 Å². The molecule has 0 aromatic rings. The largest absolute Gasteiger partial charge is 0.383 e. The first-order valence-electron chi connectivity index (χ1n) is 8.38. The summed E-state index contributed by atoms with van der Waals surface area (Å²) < 4.78 is 5.11. The van der Waals surface area contributed by atoms with Crippen LogP contribution in [0.1, 0.15) is 38.5 Å². The normalized spacial score (nSPS) is 23.2. The van der Waals surface area contributed by atoms with E-state index in [9.17, 15) is 4.79 Å². The fourth-order valence-electron chi connectivity index (χ4n) is 3.63. The monoisotopic (exact) mass is 297 g/mol. The molecule has 5 nitrogen and oxygen atoms in total. The molecule has 5 heteroatoms. The number of methoxy groups -OCH3 is 1. The molecule has 1 aliphatic carbocycles. The van der Waals surface area contributed by atoms with Crippen LogP contribution >= 0.6 is 0 Å². The van der Waals surface area contributed by atoms with Crippen LogP contribution in [0.25, 0.3) is 0 Å². The first-order chi connectivity index (χ1) is 10.2. The second-order valence-corrected chi connectivity index (χ2v) is 6.66. The van der Waals surface area contributed by atoms with Crippen LogP contribution in [-0.2, 0) is 9.53 Å². The lowest BCUT2D eigenvalue weighted by molar-refractivity contribution is -0.136. The number of amides is 1. The number of nitrogens with zero attached hydrogens (tertiary/aromatic N) is 2. The highest BCUT2D eigenvalue weighted by Gasteiger charge is 2.35. The summed E-state index contributed by atoms with van der Waals surface area (Å²) in [6, 6.07) is 0. The Balaban J connectivity index is 1.78. The zero-order valence-corrected chi connectivity index (χ0v) is 13.5. The molecule has 0 bridgehead atoms. The molecule has 21 heavy (non-hydrogen) atoms. The number of hydrogen-bond acceptors (Lipinski definition) is 4. The zero-order valence-electron chi connectivity index (χ0n) is 13.5. The van der Waals surface area contributed by atoms with Gasteiger partial charge in [0.25, 0.3) is 0 Å². The van der Waals surface area contributed by atoms with Gasteiger partial charge >= 0.3 is 0 Å². The van der Waals surface area contributed by atoms with Crippen LogP contribution in [0.2, 0.25) is 0 Å². The van der Waals surface area contributed by atoms with Crippen molar-refractivity contribution >= 4 is 5.91 Å². The Labute approximate surface area is 128 Å². The summed E-state index contributed by atoms with van der Waals surface area (Å²) >= 11 is 0. The lowest BCUT2D eigenvalue weighted by atomic mass is 9.71. The second kappa shape index (κ2) is 8.11. The Hall–Kier alpha value is -0.650. The second-order valence-electron chi connectivity index (χ2n) is 6.66. The lowest BCUT2D eigenvalue weighted by Crippen LogP contribution is -2.50.